The largest absolute Gasteiger partial charge is 0.456 e. The highest BCUT2D eigenvalue weighted by Gasteiger charge is 2.20. The maximum Gasteiger partial charge on any atom is 0.136 e. The summed E-state index contributed by atoms with van der Waals surface area (Å²) in [6, 6.07) is 71.7. The van der Waals surface area contributed by atoms with E-state index in [0.717, 1.165) is 50.1 Å². The molecule has 0 N–H and O–H groups in total. The van der Waals surface area contributed by atoms with Crippen molar-refractivity contribution in [2.45, 2.75) is 0 Å². The molecule has 0 bridgehead atoms. The molecule has 2 nitrogen and oxygen atoms in total. The summed E-state index contributed by atoms with van der Waals surface area (Å²) in [6.45, 7) is 0. The Hall–Kier alpha value is -6.90. The Balaban J connectivity index is 1.14. The first-order valence-corrected chi connectivity index (χ1v) is 17.8. The molecule has 1 heterocycles. The van der Waals surface area contributed by atoms with E-state index in [1.807, 2.05) is 12.1 Å². The van der Waals surface area contributed by atoms with Crippen LogP contribution in [0.5, 0.6) is 0 Å². The number of benzene rings is 9. The Kier molecular flexibility index (Phi) is 7.18. The summed E-state index contributed by atoms with van der Waals surface area (Å²) in [5.41, 5.74) is 12.1. The predicted octanol–water partition coefficient (Wildman–Crippen LogP) is 14.4. The normalized spacial score (nSPS) is 11.5. The van der Waals surface area contributed by atoms with Crippen LogP contribution < -0.4 is 4.90 Å². The molecule has 0 spiro atoms. The monoisotopic (exact) mass is 663 g/mol. The molecule has 0 aliphatic rings. The predicted molar refractivity (Wildman–Crippen MR) is 220 cm³/mol. The number of para-hydroxylation sites is 2. The number of rotatable bonds is 6. The van der Waals surface area contributed by atoms with E-state index in [1.165, 1.54) is 43.8 Å². The third kappa shape index (κ3) is 5.04. The van der Waals surface area contributed by atoms with Crippen LogP contribution in [0.4, 0.5) is 17.1 Å². The minimum absolute atomic E-state index is 0.888. The standard InChI is InChI=1S/C50H33NO/c1-2-12-34(13-3-1)35-24-29-38(30-25-35)51(47-21-8-6-16-44(47)45-20-11-23-49-50(45)46-17-7-9-22-48(46)52-49)39-31-26-37(27-32-39)41-18-10-19-42-40-15-5-4-14-36(40)28-33-43(41)42/h1-33H. The molecule has 244 valence electrons. The van der Waals surface area contributed by atoms with Gasteiger partial charge < -0.3 is 9.32 Å². The van der Waals surface area contributed by atoms with Crippen LogP contribution in [0.2, 0.25) is 0 Å². The second-order valence-electron chi connectivity index (χ2n) is 13.3. The van der Waals surface area contributed by atoms with Crippen molar-refractivity contribution in [2.24, 2.45) is 0 Å². The highest BCUT2D eigenvalue weighted by atomic mass is 16.3. The van der Waals surface area contributed by atoms with Crippen LogP contribution in [0.15, 0.2) is 205 Å². The van der Waals surface area contributed by atoms with Gasteiger partial charge in [0, 0.05) is 27.7 Å². The molecule has 0 radical (unpaired) electrons. The number of nitrogens with zero attached hydrogens (tertiary/aromatic N) is 1. The fourth-order valence-corrected chi connectivity index (χ4v) is 7.84. The molecule has 0 unspecified atom stereocenters. The Morgan fingerprint density at radius 2 is 0.885 bits per heavy atom. The van der Waals surface area contributed by atoms with Crippen LogP contribution in [-0.4, -0.2) is 0 Å². The van der Waals surface area contributed by atoms with Gasteiger partial charge in [0.25, 0.3) is 0 Å². The summed E-state index contributed by atoms with van der Waals surface area (Å²) < 4.78 is 6.34. The van der Waals surface area contributed by atoms with Crippen molar-refractivity contribution in [3.05, 3.63) is 200 Å². The highest BCUT2D eigenvalue weighted by molar-refractivity contribution is 6.14. The van der Waals surface area contributed by atoms with Gasteiger partial charge in [-0.2, -0.15) is 0 Å². The third-order valence-electron chi connectivity index (χ3n) is 10.3. The van der Waals surface area contributed by atoms with Crippen molar-refractivity contribution < 1.29 is 4.42 Å². The molecule has 10 aromatic rings. The molecule has 52 heavy (non-hydrogen) atoms. The Morgan fingerprint density at radius 1 is 0.308 bits per heavy atom. The van der Waals surface area contributed by atoms with Crippen LogP contribution in [0.25, 0.3) is 76.9 Å². The van der Waals surface area contributed by atoms with Gasteiger partial charge in [-0.15, -0.1) is 0 Å². The average Bonchev–Trinajstić information content (AvgIpc) is 3.61. The maximum absolute atomic E-state index is 6.34. The van der Waals surface area contributed by atoms with E-state index < -0.39 is 0 Å². The van der Waals surface area contributed by atoms with Crippen molar-refractivity contribution in [3.63, 3.8) is 0 Å². The zero-order valence-electron chi connectivity index (χ0n) is 28.4. The lowest BCUT2D eigenvalue weighted by Crippen LogP contribution is -2.11. The summed E-state index contributed by atoms with van der Waals surface area (Å²) in [5, 5.41) is 7.32. The highest BCUT2D eigenvalue weighted by Crippen LogP contribution is 2.45. The SMILES string of the molecule is c1ccc(-c2ccc(N(c3ccc(-c4cccc5c4ccc4ccccc45)cc3)c3ccccc3-c3cccc4oc5ccccc5c34)cc2)cc1. The molecule has 0 fully saturated rings. The Bertz CT molecular complexity index is 2890. The van der Waals surface area contributed by atoms with Gasteiger partial charge in [0.15, 0.2) is 0 Å². The van der Waals surface area contributed by atoms with Gasteiger partial charge in [-0.25, -0.2) is 0 Å². The van der Waals surface area contributed by atoms with E-state index in [-0.39, 0.29) is 0 Å². The average molecular weight is 664 g/mol. The number of anilines is 3. The van der Waals surface area contributed by atoms with Gasteiger partial charge in [0.2, 0.25) is 0 Å². The van der Waals surface area contributed by atoms with E-state index in [0.29, 0.717) is 0 Å². The molecule has 9 aromatic carbocycles. The zero-order valence-corrected chi connectivity index (χ0v) is 28.4. The third-order valence-corrected chi connectivity index (χ3v) is 10.3. The van der Waals surface area contributed by atoms with Crippen LogP contribution in [-0.2, 0) is 0 Å². The number of hydrogen-bond acceptors (Lipinski definition) is 2. The minimum Gasteiger partial charge on any atom is -0.456 e. The molecule has 0 atom stereocenters. The molecular formula is C50H33NO. The first-order valence-electron chi connectivity index (χ1n) is 17.8. The Morgan fingerprint density at radius 3 is 1.71 bits per heavy atom. The van der Waals surface area contributed by atoms with Crippen molar-refractivity contribution in [2.75, 3.05) is 4.90 Å². The first kappa shape index (κ1) is 30.0. The zero-order chi connectivity index (χ0) is 34.4. The van der Waals surface area contributed by atoms with Gasteiger partial charge in [0.05, 0.1) is 5.69 Å². The molecule has 0 saturated carbocycles. The van der Waals surface area contributed by atoms with Crippen molar-refractivity contribution >= 4 is 60.5 Å². The summed E-state index contributed by atoms with van der Waals surface area (Å²) >= 11 is 0. The van der Waals surface area contributed by atoms with Crippen molar-refractivity contribution in [1.29, 1.82) is 0 Å². The maximum atomic E-state index is 6.34. The topological polar surface area (TPSA) is 16.4 Å². The summed E-state index contributed by atoms with van der Waals surface area (Å²) in [6.07, 6.45) is 0. The molecule has 0 aliphatic heterocycles. The Labute approximate surface area is 302 Å². The molecule has 1 aromatic heterocycles. The summed E-state index contributed by atoms with van der Waals surface area (Å²) in [5.74, 6) is 0. The van der Waals surface area contributed by atoms with Gasteiger partial charge in [0.1, 0.15) is 11.2 Å². The quantitative estimate of drug-likeness (QED) is 0.165. The smallest absolute Gasteiger partial charge is 0.136 e. The summed E-state index contributed by atoms with van der Waals surface area (Å²) in [4.78, 5) is 2.38. The fourth-order valence-electron chi connectivity index (χ4n) is 7.84. The molecule has 2 heteroatoms. The second-order valence-corrected chi connectivity index (χ2v) is 13.3. The number of fused-ring (bicyclic) bond motifs is 6. The van der Waals surface area contributed by atoms with Crippen LogP contribution >= 0.6 is 0 Å². The van der Waals surface area contributed by atoms with Crippen molar-refractivity contribution in [3.8, 4) is 33.4 Å². The van der Waals surface area contributed by atoms with E-state index in [9.17, 15) is 0 Å². The van der Waals surface area contributed by atoms with Crippen molar-refractivity contribution in [1.82, 2.24) is 0 Å². The van der Waals surface area contributed by atoms with E-state index in [2.05, 4.69) is 193 Å². The van der Waals surface area contributed by atoms with Gasteiger partial charge >= 0.3 is 0 Å². The van der Waals surface area contributed by atoms with Crippen LogP contribution in [0.1, 0.15) is 0 Å². The summed E-state index contributed by atoms with van der Waals surface area (Å²) in [7, 11) is 0. The first-order chi connectivity index (χ1) is 25.8. The lowest BCUT2D eigenvalue weighted by Gasteiger charge is -2.28. The van der Waals surface area contributed by atoms with E-state index in [1.54, 1.807) is 0 Å². The number of hydrogen-bond donors (Lipinski definition) is 0. The van der Waals surface area contributed by atoms with Gasteiger partial charge in [-0.3, -0.25) is 0 Å². The van der Waals surface area contributed by atoms with Gasteiger partial charge in [-0.05, 0) is 91.8 Å². The molecule has 10 rings (SSSR count). The molecule has 0 amide bonds. The number of furan rings is 1. The van der Waals surface area contributed by atoms with E-state index >= 15 is 0 Å². The fraction of sp³-hybridized carbons (Fsp3) is 0. The lowest BCUT2D eigenvalue weighted by atomic mass is 9.94. The molecule has 0 saturated heterocycles. The second kappa shape index (κ2) is 12.5. The van der Waals surface area contributed by atoms with Gasteiger partial charge in [-0.1, -0.05) is 158 Å². The molecule has 0 aliphatic carbocycles. The van der Waals surface area contributed by atoms with E-state index in [4.69, 9.17) is 4.42 Å². The lowest BCUT2D eigenvalue weighted by molar-refractivity contribution is 0.669. The van der Waals surface area contributed by atoms with Crippen LogP contribution in [0, 0.1) is 0 Å². The minimum atomic E-state index is 0.888. The molecular weight excluding hydrogens is 631 g/mol. The van der Waals surface area contributed by atoms with Crippen LogP contribution in [0.3, 0.4) is 0 Å².